The molecule has 0 spiro atoms. The van der Waals surface area contributed by atoms with Crippen LogP contribution in [0.3, 0.4) is 0 Å². The Labute approximate surface area is 482 Å². The van der Waals surface area contributed by atoms with Crippen LogP contribution in [0.5, 0.6) is 5.75 Å². The van der Waals surface area contributed by atoms with Gasteiger partial charge in [-0.3, -0.25) is 19.2 Å². The number of hydrogen-bond acceptors (Lipinski definition) is 15. The monoisotopic (exact) mass is 1150 g/mol. The summed E-state index contributed by atoms with van der Waals surface area (Å²) in [7, 11) is 3.18. The third-order valence-corrected chi connectivity index (χ3v) is 12.3. The first kappa shape index (κ1) is 64.1. The number of nitrogens with two attached hydrogens (primary N) is 1. The van der Waals surface area contributed by atoms with Gasteiger partial charge < -0.3 is 60.1 Å². The number of carbonyl (C=O) groups is 6. The molecular weight excluding hydrogens is 1080 g/mol. The number of hydroxylamine groups is 1. The Morgan fingerprint density at radius 1 is 0.885 bits per heavy atom. The average molecular weight is 1160 g/mol. The van der Waals surface area contributed by atoms with E-state index in [2.05, 4.69) is 43.2 Å². The van der Waals surface area contributed by atoms with E-state index < -0.39 is 54.3 Å². The molecule has 1 fully saturated rings. The number of amides is 7. The number of hydrogen-bond donors (Lipinski definition) is 5. The minimum Gasteiger partial charge on any atom is -0.492 e. The van der Waals surface area contributed by atoms with Crippen LogP contribution in [0.15, 0.2) is 101 Å². The fourth-order valence-corrected chi connectivity index (χ4v) is 8.06. The van der Waals surface area contributed by atoms with Gasteiger partial charge in [0, 0.05) is 96.0 Å². The molecule has 419 valence electrons. The van der Waals surface area contributed by atoms with Crippen LogP contribution in [0, 0.1) is 0 Å². The van der Waals surface area contributed by atoms with Crippen molar-refractivity contribution in [3.8, 4) is 5.75 Å². The number of likely N-dealkylation sites (N-methyl/N-ethyl adjacent to an activating group) is 3. The Kier molecular flexibility index (Phi) is 27.8. The molecule has 0 aromatic heterocycles. The van der Waals surface area contributed by atoms with Crippen molar-refractivity contribution in [2.24, 2.45) is 15.7 Å². The van der Waals surface area contributed by atoms with Crippen molar-refractivity contribution in [2.45, 2.75) is 85.3 Å². The van der Waals surface area contributed by atoms with Crippen molar-refractivity contribution >= 4 is 58.8 Å². The van der Waals surface area contributed by atoms with Crippen LogP contribution in [0.1, 0.15) is 75.6 Å². The third kappa shape index (κ3) is 20.1. The topological polar surface area (TPSA) is 263 Å². The van der Waals surface area contributed by atoms with Crippen LogP contribution < -0.4 is 26.6 Å². The predicted molar refractivity (Wildman–Crippen MR) is 291 cm³/mol. The molecule has 6 N–H and O–H groups in total. The number of aliphatic imine (C=N–C) groups is 2. The summed E-state index contributed by atoms with van der Waals surface area (Å²) >= 11 is 0. The smallest absolute Gasteiger partial charge is 0.409 e. The summed E-state index contributed by atoms with van der Waals surface area (Å²) in [6.07, 6.45) is 8.27. The number of rotatable bonds is 19. The van der Waals surface area contributed by atoms with Crippen molar-refractivity contribution in [1.29, 1.82) is 0 Å². The fourth-order valence-electron chi connectivity index (χ4n) is 8.06. The second-order valence-electron chi connectivity index (χ2n) is 18.4. The Hall–Kier alpha value is -6.40. The fraction of sp³-hybridized carbons (Fsp3) is 0.455. The van der Waals surface area contributed by atoms with Gasteiger partial charge >= 0.3 is 12.1 Å². The van der Waals surface area contributed by atoms with Crippen molar-refractivity contribution in [1.82, 2.24) is 35.3 Å². The van der Waals surface area contributed by atoms with E-state index in [1.54, 1.807) is 56.1 Å². The maximum atomic E-state index is 14.2. The minimum atomic E-state index is -1.29. The molecule has 23 heteroatoms. The third-order valence-electron chi connectivity index (χ3n) is 12.3. The molecule has 2 atom stereocenters. The maximum Gasteiger partial charge on any atom is 0.409 e. The van der Waals surface area contributed by atoms with Crippen LogP contribution in [0.2, 0.25) is 0 Å². The summed E-state index contributed by atoms with van der Waals surface area (Å²) in [5, 5.41) is 14.6. The van der Waals surface area contributed by atoms with E-state index in [4.69, 9.17) is 34.7 Å². The second kappa shape index (κ2) is 33.8. The Morgan fingerprint density at radius 3 is 2.28 bits per heavy atom. The van der Waals surface area contributed by atoms with Crippen molar-refractivity contribution in [3.05, 3.63) is 113 Å². The first-order valence-corrected chi connectivity index (χ1v) is 26.0. The van der Waals surface area contributed by atoms with E-state index >= 15 is 0 Å². The number of likely N-dealkylation sites (tertiary alicyclic amines) is 1. The minimum absolute atomic E-state index is 0. The van der Waals surface area contributed by atoms with Crippen molar-refractivity contribution in [2.75, 3.05) is 85.0 Å². The first-order chi connectivity index (χ1) is 37.2. The number of anilines is 1. The summed E-state index contributed by atoms with van der Waals surface area (Å²) in [6.45, 7) is 13.1. The number of carbonyl (C=O) groups excluding carboxylic acids is 6. The Morgan fingerprint density at radius 2 is 1.59 bits per heavy atom. The van der Waals surface area contributed by atoms with Gasteiger partial charge in [0.15, 0.2) is 0 Å². The average Bonchev–Trinajstić information content (AvgIpc) is 3.94. The van der Waals surface area contributed by atoms with Crippen molar-refractivity contribution < 1.29 is 85.6 Å². The second-order valence-corrected chi connectivity index (χ2v) is 18.4. The quantitative estimate of drug-likeness (QED) is 0.0753. The van der Waals surface area contributed by atoms with Gasteiger partial charge in [-0.2, -0.15) is 5.48 Å². The molecule has 6 bridgehead atoms. The number of allylic oxidation sites excluding steroid dienone is 1. The summed E-state index contributed by atoms with van der Waals surface area (Å²) in [4.78, 5) is 94.6. The van der Waals surface area contributed by atoms with E-state index in [9.17, 15) is 34.0 Å². The van der Waals surface area contributed by atoms with E-state index in [-0.39, 0.29) is 78.1 Å². The normalized spacial score (nSPS) is 15.8. The molecule has 3 aromatic rings. The summed E-state index contributed by atoms with van der Waals surface area (Å²) in [5.41, 5.74) is 11.7. The van der Waals surface area contributed by atoms with Gasteiger partial charge in [0.05, 0.1) is 50.8 Å². The number of primary amides is 1. The van der Waals surface area contributed by atoms with Crippen LogP contribution in [0.25, 0.3) is 0 Å². The number of fused-ring (bicyclic) bond motifs is 6. The molecular formula is C55H75N11O11Y. The summed E-state index contributed by atoms with van der Waals surface area (Å²) in [6, 6.07) is 17.3. The van der Waals surface area contributed by atoms with Crippen molar-refractivity contribution in [3.63, 3.8) is 0 Å². The van der Waals surface area contributed by atoms with Gasteiger partial charge in [-0.1, -0.05) is 76.6 Å². The molecule has 0 saturated carbocycles. The number of urea groups is 1. The Balaban J connectivity index is 0.00000320. The zero-order chi connectivity index (χ0) is 55.7. The van der Waals surface area contributed by atoms with Gasteiger partial charge in [0.2, 0.25) is 29.6 Å². The molecule has 6 rings (SSSR count). The van der Waals surface area contributed by atoms with Crippen LogP contribution in [-0.2, 0) is 85.9 Å². The zero-order valence-electron chi connectivity index (χ0n) is 45.7. The SMILES string of the molecule is CCC.CCN(CC)CCOc1ccc2cc1COC/C=C/COCc1cccc(c1)C1=NC(=N2)N(C(=O)N(C)CCN(C)C(=O)OCc2ccc(NC(=O)CNC(=O)C3CCCN3C(=O)C(CC(N)=O)NO)cc2)C=C1.[Y]. The van der Waals surface area contributed by atoms with E-state index in [0.29, 0.717) is 67.7 Å². The number of nitrogens with one attached hydrogen (secondary N) is 3. The number of guanidine groups is 1. The van der Waals surface area contributed by atoms with Gasteiger partial charge in [-0.25, -0.2) is 24.5 Å². The van der Waals surface area contributed by atoms with Crippen LogP contribution in [-0.4, -0.2) is 169 Å². The molecule has 3 aliphatic rings. The van der Waals surface area contributed by atoms with Gasteiger partial charge in [-0.15, -0.1) is 0 Å². The molecule has 3 aromatic carbocycles. The Bertz CT molecular complexity index is 2590. The van der Waals surface area contributed by atoms with E-state index in [1.165, 1.54) is 26.0 Å². The molecule has 0 aliphatic carbocycles. The van der Waals surface area contributed by atoms with Crippen LogP contribution in [0.4, 0.5) is 21.0 Å². The molecule has 22 nitrogen and oxygen atoms in total. The van der Waals surface area contributed by atoms with Gasteiger partial charge in [0.25, 0.3) is 0 Å². The summed E-state index contributed by atoms with van der Waals surface area (Å²) in [5.74, 6) is -1.73. The maximum absolute atomic E-state index is 14.2. The number of ether oxygens (including phenoxy) is 4. The molecule has 7 amide bonds. The van der Waals surface area contributed by atoms with E-state index in [1.807, 2.05) is 54.6 Å². The van der Waals surface area contributed by atoms with Gasteiger partial charge in [-0.05, 0) is 79.5 Å². The molecule has 3 heterocycles. The first-order valence-electron chi connectivity index (χ1n) is 26.0. The molecule has 2 unspecified atom stereocenters. The number of nitrogens with zero attached hydrogens (tertiary/aromatic N) is 7. The molecule has 78 heavy (non-hydrogen) atoms. The van der Waals surface area contributed by atoms with E-state index in [0.717, 1.165) is 36.3 Å². The van der Waals surface area contributed by atoms with Gasteiger partial charge in [0.1, 0.15) is 31.0 Å². The van der Waals surface area contributed by atoms with Crippen LogP contribution >= 0.6 is 0 Å². The standard InChI is InChI=1S/C52H67N11O11.C3H8.Y/c1-5-61(6-2)25-28-73-45-19-18-41-30-39(45)35-72-27-8-7-26-71-33-37-11-9-12-38(29-37)42-20-22-63(50(56-41)57-42)51(68)59(3)23-24-60(4)52(69)74-34-36-14-16-40(17-15-36)55-47(65)32-54-48(66)44-13-10-21-62(44)49(67)43(58-70)31-46(53)64;1-3-2;/h7-9,11-12,14-20,22,29-30,43-44,58,70H,5-6,10,13,21,23-28,31-35H2,1-4H3,(H2,53,64)(H,54,66)(H,55,65);3H2,1-2H3;/b8-7+,56-50?;;. The molecule has 3 aliphatic heterocycles. The molecule has 1 saturated heterocycles. The predicted octanol–water partition coefficient (Wildman–Crippen LogP) is 5.32. The zero-order valence-corrected chi connectivity index (χ0v) is 48.5. The molecule has 1 radical (unpaired) electrons. The summed E-state index contributed by atoms with van der Waals surface area (Å²) < 4.78 is 23.7. The largest absolute Gasteiger partial charge is 0.492 e. The number of benzene rings is 3.